The molecule has 5 nitrogen and oxygen atoms in total. The average Bonchev–Trinajstić information content (AvgIpc) is 2.52. The van der Waals surface area contributed by atoms with Crippen LogP contribution in [-0.2, 0) is 16.1 Å². The lowest BCUT2D eigenvalue weighted by Crippen LogP contribution is -2.46. The van der Waals surface area contributed by atoms with E-state index in [1.807, 2.05) is 37.8 Å². The van der Waals surface area contributed by atoms with Gasteiger partial charge in [0.05, 0.1) is 6.61 Å². The highest BCUT2D eigenvalue weighted by molar-refractivity contribution is 9.10. The summed E-state index contributed by atoms with van der Waals surface area (Å²) in [7, 11) is 0. The highest BCUT2D eigenvalue weighted by Crippen LogP contribution is 2.22. The highest BCUT2D eigenvalue weighted by atomic mass is 79.9. The number of ether oxygens (including phenoxy) is 2. The first kappa shape index (κ1) is 19.2. The molecule has 24 heavy (non-hydrogen) atoms. The third-order valence-corrected chi connectivity index (χ3v) is 4.38. The first-order valence-electron chi connectivity index (χ1n) is 8.53. The van der Waals surface area contributed by atoms with E-state index in [0.717, 1.165) is 42.4 Å². The van der Waals surface area contributed by atoms with Gasteiger partial charge in [-0.25, -0.2) is 9.78 Å². The van der Waals surface area contributed by atoms with Gasteiger partial charge in [0.25, 0.3) is 0 Å². The van der Waals surface area contributed by atoms with Crippen molar-refractivity contribution in [3.8, 4) is 0 Å². The summed E-state index contributed by atoms with van der Waals surface area (Å²) in [6.45, 7) is 7.65. The van der Waals surface area contributed by atoms with E-state index in [9.17, 15) is 4.79 Å². The molecule has 0 radical (unpaired) electrons. The number of nitrogens with zero attached hydrogens (tertiary/aromatic N) is 2. The Morgan fingerprint density at radius 1 is 1.38 bits per heavy atom. The standard InChI is InChI=1S/C18H27BrN2O3/c1-18(2,3)24-17(22)21-10-5-4-6-15(21)9-11-23-13-14-7-8-16(19)20-12-14/h7-8,12,15H,4-6,9-11,13H2,1-3H3. The van der Waals surface area contributed by atoms with E-state index in [1.54, 1.807) is 6.20 Å². The van der Waals surface area contributed by atoms with Crippen LogP contribution >= 0.6 is 15.9 Å². The molecule has 0 N–H and O–H groups in total. The average molecular weight is 399 g/mol. The molecule has 1 atom stereocenters. The van der Waals surface area contributed by atoms with E-state index in [1.165, 1.54) is 0 Å². The number of halogens is 1. The minimum Gasteiger partial charge on any atom is -0.444 e. The quantitative estimate of drug-likeness (QED) is 0.539. The summed E-state index contributed by atoms with van der Waals surface area (Å²) in [4.78, 5) is 18.4. The van der Waals surface area contributed by atoms with Crippen molar-refractivity contribution in [1.29, 1.82) is 0 Å². The van der Waals surface area contributed by atoms with E-state index in [4.69, 9.17) is 9.47 Å². The van der Waals surface area contributed by atoms with Crippen LogP contribution in [0.15, 0.2) is 22.9 Å². The van der Waals surface area contributed by atoms with Crippen LogP contribution in [0.25, 0.3) is 0 Å². The number of likely N-dealkylation sites (tertiary alicyclic amines) is 1. The van der Waals surface area contributed by atoms with Crippen LogP contribution < -0.4 is 0 Å². The molecular formula is C18H27BrN2O3. The van der Waals surface area contributed by atoms with Crippen LogP contribution in [0.4, 0.5) is 4.79 Å². The highest BCUT2D eigenvalue weighted by Gasteiger charge is 2.30. The van der Waals surface area contributed by atoms with Crippen LogP contribution in [0, 0.1) is 0 Å². The zero-order valence-corrected chi connectivity index (χ0v) is 16.3. The van der Waals surface area contributed by atoms with Crippen molar-refractivity contribution in [2.75, 3.05) is 13.2 Å². The molecule has 6 heteroatoms. The first-order chi connectivity index (χ1) is 11.3. The Balaban J connectivity index is 1.78. The van der Waals surface area contributed by atoms with Gasteiger partial charge in [0.2, 0.25) is 0 Å². The molecule has 1 aliphatic rings. The lowest BCUT2D eigenvalue weighted by Gasteiger charge is -2.36. The lowest BCUT2D eigenvalue weighted by molar-refractivity contribution is 0.00378. The van der Waals surface area contributed by atoms with Gasteiger partial charge in [-0.05, 0) is 74.0 Å². The van der Waals surface area contributed by atoms with Crippen molar-refractivity contribution in [1.82, 2.24) is 9.88 Å². The van der Waals surface area contributed by atoms with Crippen molar-refractivity contribution in [2.24, 2.45) is 0 Å². The van der Waals surface area contributed by atoms with E-state index < -0.39 is 5.60 Å². The first-order valence-corrected chi connectivity index (χ1v) is 9.32. The van der Waals surface area contributed by atoms with E-state index >= 15 is 0 Å². The Kier molecular flexibility index (Phi) is 7.04. The third kappa shape index (κ3) is 6.40. The number of carbonyl (C=O) groups excluding carboxylic acids is 1. The van der Waals surface area contributed by atoms with Gasteiger partial charge in [0.1, 0.15) is 10.2 Å². The Morgan fingerprint density at radius 2 is 2.17 bits per heavy atom. The number of amides is 1. The molecule has 1 aliphatic heterocycles. The van der Waals surface area contributed by atoms with Gasteiger partial charge in [-0.3, -0.25) is 0 Å². The molecule has 1 aromatic heterocycles. The van der Waals surface area contributed by atoms with Gasteiger partial charge in [-0.15, -0.1) is 0 Å². The summed E-state index contributed by atoms with van der Waals surface area (Å²) >= 11 is 3.32. The monoisotopic (exact) mass is 398 g/mol. The van der Waals surface area contributed by atoms with Crippen molar-refractivity contribution in [3.63, 3.8) is 0 Å². The second-order valence-electron chi connectivity index (χ2n) is 7.15. The van der Waals surface area contributed by atoms with Crippen LogP contribution in [0.3, 0.4) is 0 Å². The van der Waals surface area contributed by atoms with Crippen molar-refractivity contribution in [2.45, 2.75) is 64.7 Å². The topological polar surface area (TPSA) is 51.7 Å². The molecule has 134 valence electrons. The van der Waals surface area contributed by atoms with Gasteiger partial charge in [-0.1, -0.05) is 6.07 Å². The zero-order chi connectivity index (χ0) is 17.6. The van der Waals surface area contributed by atoms with Crippen molar-refractivity contribution < 1.29 is 14.3 Å². The number of rotatable bonds is 5. The normalized spacial score (nSPS) is 18.5. The molecule has 0 bridgehead atoms. The fourth-order valence-electron chi connectivity index (χ4n) is 2.76. The molecule has 0 saturated carbocycles. The van der Waals surface area contributed by atoms with Crippen LogP contribution in [0.5, 0.6) is 0 Å². The van der Waals surface area contributed by atoms with Crippen LogP contribution in [-0.4, -0.2) is 40.8 Å². The molecule has 1 aromatic rings. The second kappa shape index (κ2) is 8.81. The number of hydrogen-bond donors (Lipinski definition) is 0. The maximum absolute atomic E-state index is 12.4. The number of carbonyl (C=O) groups is 1. The molecule has 1 saturated heterocycles. The van der Waals surface area contributed by atoms with Gasteiger partial charge in [0, 0.05) is 25.4 Å². The molecule has 2 rings (SSSR count). The molecule has 1 fully saturated rings. The molecule has 0 aliphatic carbocycles. The predicted molar refractivity (Wildman–Crippen MR) is 96.8 cm³/mol. The SMILES string of the molecule is CC(C)(C)OC(=O)N1CCCCC1CCOCc1ccc(Br)nc1. The maximum atomic E-state index is 12.4. The van der Waals surface area contributed by atoms with Gasteiger partial charge in [-0.2, -0.15) is 0 Å². The molecule has 0 spiro atoms. The van der Waals surface area contributed by atoms with Crippen LogP contribution in [0.1, 0.15) is 52.0 Å². The summed E-state index contributed by atoms with van der Waals surface area (Å²) in [5.74, 6) is 0. The summed E-state index contributed by atoms with van der Waals surface area (Å²) in [5, 5.41) is 0. The number of aromatic nitrogens is 1. The van der Waals surface area contributed by atoms with E-state index in [-0.39, 0.29) is 12.1 Å². The molecule has 2 heterocycles. The Morgan fingerprint density at radius 3 is 2.83 bits per heavy atom. The number of hydrogen-bond acceptors (Lipinski definition) is 4. The lowest BCUT2D eigenvalue weighted by atomic mass is 10.0. The van der Waals surface area contributed by atoms with Gasteiger partial charge >= 0.3 is 6.09 Å². The summed E-state index contributed by atoms with van der Waals surface area (Å²) < 4.78 is 12.1. The van der Waals surface area contributed by atoms with Gasteiger partial charge in [0.15, 0.2) is 0 Å². The van der Waals surface area contributed by atoms with E-state index in [0.29, 0.717) is 13.2 Å². The van der Waals surface area contributed by atoms with Crippen LogP contribution in [0.2, 0.25) is 0 Å². The Hall–Kier alpha value is -1.14. The summed E-state index contributed by atoms with van der Waals surface area (Å²) in [5.41, 5.74) is 0.593. The minimum atomic E-state index is -0.454. The maximum Gasteiger partial charge on any atom is 0.410 e. The second-order valence-corrected chi connectivity index (χ2v) is 7.97. The van der Waals surface area contributed by atoms with Crippen molar-refractivity contribution in [3.05, 3.63) is 28.5 Å². The van der Waals surface area contributed by atoms with E-state index in [2.05, 4.69) is 20.9 Å². The Labute approximate surface area is 152 Å². The van der Waals surface area contributed by atoms with Crippen molar-refractivity contribution >= 4 is 22.0 Å². The fourth-order valence-corrected chi connectivity index (χ4v) is 3.00. The summed E-state index contributed by atoms with van der Waals surface area (Å²) in [6.07, 6.45) is 5.65. The largest absolute Gasteiger partial charge is 0.444 e. The molecule has 1 amide bonds. The number of pyridine rings is 1. The Bertz CT molecular complexity index is 528. The predicted octanol–water partition coefficient (Wildman–Crippen LogP) is 4.54. The number of piperidine rings is 1. The molecule has 1 unspecified atom stereocenters. The molecule has 0 aromatic carbocycles. The smallest absolute Gasteiger partial charge is 0.410 e. The molecular weight excluding hydrogens is 372 g/mol. The minimum absolute atomic E-state index is 0.204. The van der Waals surface area contributed by atoms with Gasteiger partial charge < -0.3 is 14.4 Å². The summed E-state index contributed by atoms with van der Waals surface area (Å²) in [6, 6.07) is 4.10. The fraction of sp³-hybridized carbons (Fsp3) is 0.667. The zero-order valence-electron chi connectivity index (χ0n) is 14.8. The third-order valence-electron chi connectivity index (χ3n) is 3.91.